The van der Waals surface area contributed by atoms with Gasteiger partial charge in [0.15, 0.2) is 0 Å². The van der Waals surface area contributed by atoms with Crippen molar-refractivity contribution in [3.05, 3.63) is 65.5 Å². The lowest BCUT2D eigenvalue weighted by molar-refractivity contribution is -0.139. The van der Waals surface area contributed by atoms with E-state index in [1.165, 1.54) is 12.1 Å². The van der Waals surface area contributed by atoms with Crippen LogP contribution in [0, 0.1) is 5.82 Å². The van der Waals surface area contributed by atoms with Gasteiger partial charge >= 0.3 is 5.97 Å². The number of phenols is 1. The van der Waals surface area contributed by atoms with Crippen LogP contribution >= 0.6 is 0 Å². The zero-order valence-corrected chi connectivity index (χ0v) is 10.6. The highest BCUT2D eigenvalue weighted by Gasteiger charge is 2.19. The van der Waals surface area contributed by atoms with Gasteiger partial charge in [0.05, 0.1) is 0 Å². The number of phenolic OH excluding ortho intramolecular Hbond substituents is 1. The van der Waals surface area contributed by atoms with Crippen molar-refractivity contribution in [3.8, 4) is 5.75 Å². The number of carbonyl (C=O) groups is 1. The molecule has 4 nitrogen and oxygen atoms in total. The van der Waals surface area contributed by atoms with Crippen LogP contribution in [0.3, 0.4) is 0 Å². The van der Waals surface area contributed by atoms with E-state index < -0.39 is 17.8 Å². The van der Waals surface area contributed by atoms with Gasteiger partial charge in [0.1, 0.15) is 17.6 Å². The van der Waals surface area contributed by atoms with Crippen LogP contribution in [0.1, 0.15) is 17.2 Å². The predicted molar refractivity (Wildman–Crippen MR) is 71.7 cm³/mol. The highest BCUT2D eigenvalue weighted by Crippen LogP contribution is 2.20. The SMILES string of the molecule is O=C(O)C(NCc1cc(F)ccc1O)c1ccccc1. The quantitative estimate of drug-likeness (QED) is 0.784. The number of rotatable bonds is 5. The van der Waals surface area contributed by atoms with Gasteiger partial charge in [-0.1, -0.05) is 30.3 Å². The summed E-state index contributed by atoms with van der Waals surface area (Å²) in [5, 5.41) is 21.6. The number of hydrogen-bond acceptors (Lipinski definition) is 3. The Kier molecular flexibility index (Phi) is 4.32. The first-order chi connectivity index (χ1) is 9.58. The molecule has 2 aromatic rings. The van der Waals surface area contributed by atoms with Crippen molar-refractivity contribution in [1.82, 2.24) is 5.32 Å². The molecule has 0 aliphatic carbocycles. The predicted octanol–water partition coefficient (Wildman–Crippen LogP) is 2.45. The van der Waals surface area contributed by atoms with Gasteiger partial charge in [0, 0.05) is 12.1 Å². The average Bonchev–Trinajstić information content (AvgIpc) is 2.43. The second kappa shape index (κ2) is 6.16. The zero-order chi connectivity index (χ0) is 14.5. The van der Waals surface area contributed by atoms with E-state index >= 15 is 0 Å². The Morgan fingerprint density at radius 3 is 2.55 bits per heavy atom. The van der Waals surface area contributed by atoms with Gasteiger partial charge in [-0.05, 0) is 23.8 Å². The molecule has 1 atom stereocenters. The second-order valence-corrected chi connectivity index (χ2v) is 4.34. The van der Waals surface area contributed by atoms with Gasteiger partial charge in [-0.2, -0.15) is 0 Å². The molecule has 0 saturated heterocycles. The minimum atomic E-state index is -1.04. The fraction of sp³-hybridized carbons (Fsp3) is 0.133. The summed E-state index contributed by atoms with van der Waals surface area (Å²) in [4.78, 5) is 11.3. The Hall–Kier alpha value is -2.40. The molecule has 0 radical (unpaired) electrons. The van der Waals surface area contributed by atoms with Gasteiger partial charge in [-0.15, -0.1) is 0 Å². The van der Waals surface area contributed by atoms with Crippen LogP contribution in [0.4, 0.5) is 4.39 Å². The zero-order valence-electron chi connectivity index (χ0n) is 10.6. The molecule has 2 rings (SSSR count). The molecular weight excluding hydrogens is 261 g/mol. The minimum absolute atomic E-state index is 0.0510. The fourth-order valence-corrected chi connectivity index (χ4v) is 1.90. The van der Waals surface area contributed by atoms with Gasteiger partial charge in [0.25, 0.3) is 0 Å². The van der Waals surface area contributed by atoms with E-state index in [2.05, 4.69) is 5.32 Å². The van der Waals surface area contributed by atoms with Crippen LogP contribution in [0.25, 0.3) is 0 Å². The topological polar surface area (TPSA) is 69.6 Å². The van der Waals surface area contributed by atoms with Crippen LogP contribution in [0.2, 0.25) is 0 Å². The van der Waals surface area contributed by atoms with E-state index in [0.29, 0.717) is 11.1 Å². The summed E-state index contributed by atoms with van der Waals surface area (Å²) in [7, 11) is 0. The summed E-state index contributed by atoms with van der Waals surface area (Å²) in [6.45, 7) is 0.0510. The number of carboxylic acid groups (broad SMARTS) is 1. The van der Waals surface area contributed by atoms with E-state index in [1.54, 1.807) is 30.3 Å². The number of aromatic hydroxyl groups is 1. The molecule has 2 aromatic carbocycles. The van der Waals surface area contributed by atoms with Gasteiger partial charge < -0.3 is 10.2 Å². The highest BCUT2D eigenvalue weighted by molar-refractivity contribution is 5.75. The van der Waals surface area contributed by atoms with Gasteiger partial charge in [0.2, 0.25) is 0 Å². The molecule has 3 N–H and O–H groups in total. The van der Waals surface area contributed by atoms with E-state index in [0.717, 1.165) is 6.07 Å². The van der Waals surface area contributed by atoms with E-state index in [4.69, 9.17) is 0 Å². The van der Waals surface area contributed by atoms with Crippen molar-refractivity contribution in [3.63, 3.8) is 0 Å². The van der Waals surface area contributed by atoms with E-state index in [1.807, 2.05) is 0 Å². The highest BCUT2D eigenvalue weighted by atomic mass is 19.1. The molecule has 0 aliphatic rings. The van der Waals surface area contributed by atoms with Crippen LogP contribution in [0.15, 0.2) is 48.5 Å². The average molecular weight is 275 g/mol. The summed E-state index contributed by atoms with van der Waals surface area (Å²) in [6.07, 6.45) is 0. The maximum atomic E-state index is 13.1. The van der Waals surface area contributed by atoms with Crippen LogP contribution in [0.5, 0.6) is 5.75 Å². The molecule has 0 spiro atoms. The molecule has 1 unspecified atom stereocenters. The number of nitrogens with one attached hydrogen (secondary N) is 1. The lowest BCUT2D eigenvalue weighted by atomic mass is 10.1. The second-order valence-electron chi connectivity index (χ2n) is 4.34. The van der Waals surface area contributed by atoms with Crippen molar-refractivity contribution >= 4 is 5.97 Å². The molecule has 0 amide bonds. The Morgan fingerprint density at radius 2 is 1.90 bits per heavy atom. The number of carboxylic acids is 1. The molecule has 104 valence electrons. The van der Waals surface area contributed by atoms with E-state index in [-0.39, 0.29) is 12.3 Å². The summed E-state index contributed by atoms with van der Waals surface area (Å²) in [5.74, 6) is -1.59. The number of hydrogen-bond donors (Lipinski definition) is 3. The number of aliphatic carboxylic acids is 1. The molecule has 20 heavy (non-hydrogen) atoms. The molecule has 5 heteroatoms. The molecule has 0 bridgehead atoms. The fourth-order valence-electron chi connectivity index (χ4n) is 1.90. The first-order valence-electron chi connectivity index (χ1n) is 6.06. The van der Waals surface area contributed by atoms with Crippen LogP contribution in [-0.2, 0) is 11.3 Å². The normalized spacial score (nSPS) is 12.1. The first kappa shape index (κ1) is 14.0. The maximum absolute atomic E-state index is 13.1. The molecule has 0 saturated carbocycles. The van der Waals surface area contributed by atoms with Crippen molar-refractivity contribution in [1.29, 1.82) is 0 Å². The lowest BCUT2D eigenvalue weighted by Gasteiger charge is -2.15. The van der Waals surface area contributed by atoms with Crippen LogP contribution in [-0.4, -0.2) is 16.2 Å². The summed E-state index contributed by atoms with van der Waals surface area (Å²) in [6, 6.07) is 11.3. The monoisotopic (exact) mass is 275 g/mol. The third kappa shape index (κ3) is 3.33. The smallest absolute Gasteiger partial charge is 0.325 e. The molecule has 0 heterocycles. The molecule has 0 fully saturated rings. The molecule has 0 aromatic heterocycles. The number of benzene rings is 2. The Morgan fingerprint density at radius 1 is 1.20 bits per heavy atom. The van der Waals surface area contributed by atoms with Crippen molar-refractivity contribution in [2.24, 2.45) is 0 Å². The summed E-state index contributed by atoms with van der Waals surface area (Å²) in [5.41, 5.74) is 0.906. The van der Waals surface area contributed by atoms with E-state index in [9.17, 15) is 19.4 Å². The number of halogens is 1. The summed E-state index contributed by atoms with van der Waals surface area (Å²) < 4.78 is 13.1. The third-order valence-electron chi connectivity index (χ3n) is 2.92. The third-order valence-corrected chi connectivity index (χ3v) is 2.92. The summed E-state index contributed by atoms with van der Waals surface area (Å²) >= 11 is 0. The standard InChI is InChI=1S/C15H14FNO3/c16-12-6-7-13(18)11(8-12)9-17-14(15(19)20)10-4-2-1-3-5-10/h1-8,14,17-18H,9H2,(H,19,20). The lowest BCUT2D eigenvalue weighted by Crippen LogP contribution is -2.28. The molecule has 0 aliphatic heterocycles. The minimum Gasteiger partial charge on any atom is -0.508 e. The Labute approximate surface area is 115 Å². The van der Waals surface area contributed by atoms with Gasteiger partial charge in [-0.25, -0.2) is 4.39 Å². The maximum Gasteiger partial charge on any atom is 0.325 e. The Balaban J connectivity index is 2.14. The largest absolute Gasteiger partial charge is 0.508 e. The van der Waals surface area contributed by atoms with Crippen molar-refractivity contribution < 1.29 is 19.4 Å². The first-order valence-corrected chi connectivity index (χ1v) is 6.06. The Bertz CT molecular complexity index is 601. The molecular formula is C15H14FNO3. The van der Waals surface area contributed by atoms with Gasteiger partial charge in [-0.3, -0.25) is 10.1 Å². The van der Waals surface area contributed by atoms with Crippen LogP contribution < -0.4 is 5.32 Å². The van der Waals surface area contributed by atoms with Crippen molar-refractivity contribution in [2.75, 3.05) is 0 Å². The van der Waals surface area contributed by atoms with Crippen molar-refractivity contribution in [2.45, 2.75) is 12.6 Å².